The van der Waals surface area contributed by atoms with Crippen LogP contribution in [0.5, 0.6) is 0 Å². The van der Waals surface area contributed by atoms with Crippen LogP contribution in [0.3, 0.4) is 0 Å². The molecule has 10 rings (SSSR count). The highest BCUT2D eigenvalue weighted by molar-refractivity contribution is 7.27. The topological polar surface area (TPSA) is 0 Å². The molecule has 0 N–H and O–H groups in total. The van der Waals surface area contributed by atoms with Gasteiger partial charge in [0.05, 0.1) is 0 Å². The lowest BCUT2D eigenvalue weighted by Gasteiger charge is -2.19. The fourth-order valence-electron chi connectivity index (χ4n) is 7.57. The molecule has 0 atom stereocenters. The van der Waals surface area contributed by atoms with Gasteiger partial charge in [-0.15, -0.1) is 22.7 Å². The molecule has 0 aliphatic heterocycles. The van der Waals surface area contributed by atoms with Crippen LogP contribution in [0.4, 0.5) is 0 Å². The first-order chi connectivity index (χ1) is 22.8. The number of rotatable bonds is 3. The minimum atomic E-state index is 1.26. The first-order valence-electron chi connectivity index (χ1n) is 15.7. The van der Waals surface area contributed by atoms with Gasteiger partial charge >= 0.3 is 0 Å². The SMILES string of the molecule is c1ccc(-c2c(-c3c4ccccc4c(-c4cccc5ccccc45)c4ccccc34)sc3ccc4sc5ccccc5c4c23)cc1. The molecule has 46 heavy (non-hydrogen) atoms. The molecule has 0 saturated carbocycles. The van der Waals surface area contributed by atoms with Crippen molar-refractivity contribution in [3.63, 3.8) is 0 Å². The van der Waals surface area contributed by atoms with Crippen LogP contribution in [0.2, 0.25) is 0 Å². The van der Waals surface area contributed by atoms with Gasteiger partial charge in [-0.2, -0.15) is 0 Å². The standard InChI is InChI=1S/C44H26S2/c1-2-14-28(15-3-1)39-43-38(26-25-37-42(43)35-22-10-11-24-36(35)45-37)46-44(39)41-33-20-8-6-18-31(33)40(32-19-7-9-21-34(32)41)30-23-12-16-27-13-4-5-17-29(27)30/h1-26H. The third-order valence-corrected chi connectivity index (χ3v) is 11.8. The van der Waals surface area contributed by atoms with Gasteiger partial charge in [0, 0.05) is 46.3 Å². The average Bonchev–Trinajstić information content (AvgIpc) is 3.69. The van der Waals surface area contributed by atoms with Crippen molar-refractivity contribution in [1.82, 2.24) is 0 Å². The van der Waals surface area contributed by atoms with Gasteiger partial charge in [-0.1, -0.05) is 140 Å². The Morgan fingerprint density at radius 3 is 1.57 bits per heavy atom. The van der Waals surface area contributed by atoms with Crippen LogP contribution in [0, 0.1) is 0 Å². The third-order valence-electron chi connectivity index (χ3n) is 9.47. The van der Waals surface area contributed by atoms with E-state index in [1.54, 1.807) is 0 Å². The van der Waals surface area contributed by atoms with Crippen molar-refractivity contribution in [1.29, 1.82) is 0 Å². The summed E-state index contributed by atoms with van der Waals surface area (Å²) in [6, 6.07) is 58.2. The highest BCUT2D eigenvalue weighted by Gasteiger charge is 2.24. The quantitative estimate of drug-likeness (QED) is 0.173. The molecule has 214 valence electrons. The lowest BCUT2D eigenvalue weighted by atomic mass is 9.85. The molecule has 0 nitrogen and oxygen atoms in total. The van der Waals surface area contributed by atoms with E-state index < -0.39 is 0 Å². The summed E-state index contributed by atoms with van der Waals surface area (Å²) in [6.07, 6.45) is 0. The van der Waals surface area contributed by atoms with Crippen LogP contribution in [0.25, 0.3) is 95.3 Å². The molecule has 0 bridgehead atoms. The second kappa shape index (κ2) is 10.1. The number of thiophene rings is 2. The highest BCUT2D eigenvalue weighted by atomic mass is 32.1. The van der Waals surface area contributed by atoms with Crippen molar-refractivity contribution in [2.75, 3.05) is 0 Å². The normalized spacial score (nSPS) is 11.9. The van der Waals surface area contributed by atoms with Gasteiger partial charge in [-0.25, -0.2) is 0 Å². The van der Waals surface area contributed by atoms with Crippen LogP contribution in [-0.4, -0.2) is 0 Å². The van der Waals surface area contributed by atoms with E-state index in [1.165, 1.54) is 95.3 Å². The number of fused-ring (bicyclic) bond motifs is 8. The molecular formula is C44H26S2. The van der Waals surface area contributed by atoms with E-state index in [0.29, 0.717) is 0 Å². The van der Waals surface area contributed by atoms with Gasteiger partial charge in [0.1, 0.15) is 0 Å². The molecule has 2 heterocycles. The Morgan fingerprint density at radius 2 is 0.848 bits per heavy atom. The second-order valence-corrected chi connectivity index (χ2v) is 14.1. The predicted molar refractivity (Wildman–Crippen MR) is 204 cm³/mol. The van der Waals surface area contributed by atoms with Gasteiger partial charge in [-0.3, -0.25) is 0 Å². The fourth-order valence-corrected chi connectivity index (χ4v) is 9.99. The largest absolute Gasteiger partial charge is 0.135 e. The number of hydrogen-bond acceptors (Lipinski definition) is 2. The smallest absolute Gasteiger partial charge is 0.0446 e. The zero-order valence-corrected chi connectivity index (χ0v) is 26.5. The Kier molecular flexibility index (Phi) is 5.72. The minimum absolute atomic E-state index is 1.26. The van der Waals surface area contributed by atoms with Crippen molar-refractivity contribution in [2.45, 2.75) is 0 Å². The molecule has 0 radical (unpaired) electrons. The van der Waals surface area contributed by atoms with Gasteiger partial charge in [-0.05, 0) is 67.2 Å². The molecule has 0 amide bonds. The van der Waals surface area contributed by atoms with E-state index in [1.807, 2.05) is 22.7 Å². The molecule has 0 spiro atoms. The molecule has 2 aromatic heterocycles. The van der Waals surface area contributed by atoms with Crippen molar-refractivity contribution >= 4 is 85.2 Å². The molecule has 10 aromatic rings. The van der Waals surface area contributed by atoms with Gasteiger partial charge in [0.15, 0.2) is 0 Å². The zero-order valence-electron chi connectivity index (χ0n) is 24.8. The van der Waals surface area contributed by atoms with E-state index in [2.05, 4.69) is 158 Å². The Bertz CT molecular complexity index is 2740. The third kappa shape index (κ3) is 3.72. The van der Waals surface area contributed by atoms with Crippen molar-refractivity contribution in [3.8, 4) is 32.7 Å². The van der Waals surface area contributed by atoms with E-state index in [9.17, 15) is 0 Å². The van der Waals surface area contributed by atoms with Crippen molar-refractivity contribution in [2.24, 2.45) is 0 Å². The van der Waals surface area contributed by atoms with Crippen molar-refractivity contribution < 1.29 is 0 Å². The monoisotopic (exact) mass is 618 g/mol. The minimum Gasteiger partial charge on any atom is -0.135 e. The zero-order chi connectivity index (χ0) is 30.2. The van der Waals surface area contributed by atoms with Gasteiger partial charge in [0.2, 0.25) is 0 Å². The van der Waals surface area contributed by atoms with Crippen LogP contribution < -0.4 is 0 Å². The van der Waals surface area contributed by atoms with Gasteiger partial charge in [0.25, 0.3) is 0 Å². The lowest BCUT2D eigenvalue weighted by Crippen LogP contribution is -1.91. The highest BCUT2D eigenvalue weighted by Crippen LogP contribution is 2.54. The summed E-state index contributed by atoms with van der Waals surface area (Å²) in [4.78, 5) is 1.33. The van der Waals surface area contributed by atoms with Crippen LogP contribution >= 0.6 is 22.7 Å². The Hall–Kier alpha value is -5.28. The summed E-state index contributed by atoms with van der Waals surface area (Å²) in [6.45, 7) is 0. The molecule has 0 aliphatic carbocycles. The molecule has 0 unspecified atom stereocenters. The maximum atomic E-state index is 2.35. The second-order valence-electron chi connectivity index (χ2n) is 12.0. The van der Waals surface area contributed by atoms with Gasteiger partial charge < -0.3 is 0 Å². The molecule has 8 aromatic carbocycles. The molecule has 0 saturated heterocycles. The van der Waals surface area contributed by atoms with Crippen LogP contribution in [0.15, 0.2) is 158 Å². The molecule has 0 fully saturated rings. The van der Waals surface area contributed by atoms with E-state index in [4.69, 9.17) is 0 Å². The summed E-state index contributed by atoms with van der Waals surface area (Å²) in [5.74, 6) is 0. The lowest BCUT2D eigenvalue weighted by molar-refractivity contribution is 1.68. The van der Waals surface area contributed by atoms with Crippen LogP contribution in [-0.2, 0) is 0 Å². The first-order valence-corrected chi connectivity index (χ1v) is 17.3. The average molecular weight is 619 g/mol. The molecular weight excluding hydrogens is 593 g/mol. The predicted octanol–water partition coefficient (Wildman–Crippen LogP) is 13.7. The van der Waals surface area contributed by atoms with E-state index >= 15 is 0 Å². The first kappa shape index (κ1) is 26.0. The molecule has 2 heteroatoms. The molecule has 0 aliphatic rings. The maximum absolute atomic E-state index is 2.35. The maximum Gasteiger partial charge on any atom is 0.0446 e. The summed E-state index contributed by atoms with van der Waals surface area (Å²) in [5.41, 5.74) is 6.51. The van der Waals surface area contributed by atoms with E-state index in [-0.39, 0.29) is 0 Å². The number of hydrogen-bond donors (Lipinski definition) is 0. The fraction of sp³-hybridized carbons (Fsp3) is 0. The Morgan fingerprint density at radius 1 is 0.304 bits per heavy atom. The Balaban J connectivity index is 1.41. The summed E-state index contributed by atoms with van der Waals surface area (Å²) in [7, 11) is 0. The van der Waals surface area contributed by atoms with Crippen LogP contribution in [0.1, 0.15) is 0 Å². The summed E-state index contributed by atoms with van der Waals surface area (Å²) < 4.78 is 4.01. The summed E-state index contributed by atoms with van der Waals surface area (Å²) in [5, 5.41) is 11.8. The number of benzene rings is 8. The van der Waals surface area contributed by atoms with Crippen molar-refractivity contribution in [3.05, 3.63) is 158 Å². The Labute approximate surface area is 274 Å². The van der Waals surface area contributed by atoms with E-state index in [0.717, 1.165) is 0 Å². The summed E-state index contributed by atoms with van der Waals surface area (Å²) >= 11 is 3.83.